The van der Waals surface area contributed by atoms with Crippen LogP contribution in [0.1, 0.15) is 75.3 Å². The van der Waals surface area contributed by atoms with Crippen LogP contribution in [0.5, 0.6) is 5.75 Å². The molecule has 1 aromatic carbocycles. The summed E-state index contributed by atoms with van der Waals surface area (Å²) >= 11 is 0. The highest BCUT2D eigenvalue weighted by atomic mass is 32.2. The molecule has 3 nitrogen and oxygen atoms in total. The van der Waals surface area contributed by atoms with Crippen molar-refractivity contribution in [3.8, 4) is 5.75 Å². The van der Waals surface area contributed by atoms with Gasteiger partial charge in [0.25, 0.3) is 0 Å². The van der Waals surface area contributed by atoms with Crippen molar-refractivity contribution in [2.45, 2.75) is 88.8 Å². The van der Waals surface area contributed by atoms with Gasteiger partial charge in [-0.15, -0.1) is 0 Å². The number of hydrogen-bond acceptors (Lipinski definition) is 3. The number of aromatic hydroxyl groups is 1. The smallest absolute Gasteiger partial charge is 0.453 e. The van der Waals surface area contributed by atoms with E-state index in [1.807, 2.05) is 12.1 Å². The molecule has 2 saturated carbocycles. The summed E-state index contributed by atoms with van der Waals surface area (Å²) in [5.41, 5.74) is 2.30. The molecule has 0 bridgehead atoms. The number of aliphatic hydroxyl groups excluding tert-OH is 1. The summed E-state index contributed by atoms with van der Waals surface area (Å²) in [5, 5.41) is 20.8. The quantitative estimate of drug-likeness (QED) is 0.392. The zero-order chi connectivity index (χ0) is 25.6. The molecule has 2 fully saturated rings. The van der Waals surface area contributed by atoms with Gasteiger partial charge in [0.2, 0.25) is 0 Å². The first kappa shape index (κ1) is 26.8. The van der Waals surface area contributed by atoms with E-state index in [0.717, 1.165) is 44.1 Å². The Bertz CT molecular complexity index is 936. The molecule has 0 spiro atoms. The number of halogens is 5. The average molecular weight is 523 g/mol. The molecule has 1 unspecified atom stereocenters. The first-order valence-electron chi connectivity index (χ1n) is 12.6. The monoisotopic (exact) mass is 522 g/mol. The molecule has 7 atom stereocenters. The largest absolute Gasteiger partial charge is 0.508 e. The van der Waals surface area contributed by atoms with Crippen LogP contribution in [0.25, 0.3) is 0 Å². The van der Waals surface area contributed by atoms with Crippen LogP contribution in [-0.2, 0) is 17.2 Å². The van der Waals surface area contributed by atoms with Gasteiger partial charge in [0.15, 0.2) is 0 Å². The number of fused-ring (bicyclic) bond motifs is 5. The van der Waals surface area contributed by atoms with Crippen molar-refractivity contribution < 1.29 is 36.4 Å². The van der Waals surface area contributed by atoms with E-state index in [1.54, 1.807) is 6.07 Å². The highest BCUT2D eigenvalue weighted by Crippen LogP contribution is 2.62. The van der Waals surface area contributed by atoms with Gasteiger partial charge in [0, 0.05) is 28.7 Å². The molecule has 0 amide bonds. The summed E-state index contributed by atoms with van der Waals surface area (Å²) < 4.78 is 75.5. The summed E-state index contributed by atoms with van der Waals surface area (Å²) in [4.78, 5) is 0. The lowest BCUT2D eigenvalue weighted by Crippen LogP contribution is -2.47. The van der Waals surface area contributed by atoms with E-state index in [-0.39, 0.29) is 34.7 Å². The second kappa shape index (κ2) is 9.92. The number of phenolic OH excluding ortho intramolecular Hbond substituents is 1. The predicted octanol–water partition coefficient (Wildman–Crippen LogP) is 6.34. The van der Waals surface area contributed by atoms with Gasteiger partial charge in [-0.25, -0.2) is 0 Å². The van der Waals surface area contributed by atoms with Gasteiger partial charge in [-0.05, 0) is 104 Å². The standard InChI is InChI=1S/C26H35F5O3S/c1-24-11-9-20-19-6-5-18(32)15-17(19)14-16(23(20)21(24)7-8-22(24)33)4-2-12-35(34)13-3-10-25(27,28)26(29,30)31/h5-6,15-16,20-23,32-33H,2-4,7-14H2,1H3/t16-,20-,21+,22+,23-,24+,35?/m1/s1. The molecule has 0 radical (unpaired) electrons. The molecule has 0 aromatic heterocycles. The third kappa shape index (κ3) is 5.27. The maximum Gasteiger partial charge on any atom is 0.453 e. The average Bonchev–Trinajstić information content (AvgIpc) is 3.07. The van der Waals surface area contributed by atoms with Crippen molar-refractivity contribution in [1.29, 1.82) is 0 Å². The topological polar surface area (TPSA) is 57.5 Å². The van der Waals surface area contributed by atoms with E-state index in [9.17, 15) is 36.4 Å². The van der Waals surface area contributed by atoms with Crippen molar-refractivity contribution in [1.82, 2.24) is 0 Å². The van der Waals surface area contributed by atoms with Crippen LogP contribution in [0.2, 0.25) is 0 Å². The predicted molar refractivity (Wildman–Crippen MR) is 125 cm³/mol. The summed E-state index contributed by atoms with van der Waals surface area (Å²) in [5.74, 6) is -2.99. The van der Waals surface area contributed by atoms with E-state index in [4.69, 9.17) is 0 Å². The Kier molecular flexibility index (Phi) is 7.60. The maximum absolute atomic E-state index is 13.1. The van der Waals surface area contributed by atoms with Gasteiger partial charge in [-0.1, -0.05) is 13.0 Å². The van der Waals surface area contributed by atoms with Gasteiger partial charge in [0.1, 0.15) is 5.75 Å². The number of benzene rings is 1. The lowest BCUT2D eigenvalue weighted by atomic mass is 9.52. The first-order chi connectivity index (χ1) is 16.3. The lowest BCUT2D eigenvalue weighted by Gasteiger charge is -2.53. The van der Waals surface area contributed by atoms with Crippen LogP contribution in [0, 0.1) is 23.2 Å². The molecule has 9 heteroatoms. The Morgan fingerprint density at radius 2 is 1.80 bits per heavy atom. The fraction of sp³-hybridized carbons (Fsp3) is 0.769. The third-order valence-electron chi connectivity index (χ3n) is 9.06. The van der Waals surface area contributed by atoms with Crippen molar-refractivity contribution >= 4 is 10.8 Å². The van der Waals surface area contributed by atoms with E-state index in [0.29, 0.717) is 24.2 Å². The molecule has 0 aliphatic heterocycles. The van der Waals surface area contributed by atoms with Gasteiger partial charge in [-0.2, -0.15) is 22.0 Å². The van der Waals surface area contributed by atoms with Gasteiger partial charge < -0.3 is 10.2 Å². The van der Waals surface area contributed by atoms with Gasteiger partial charge in [-0.3, -0.25) is 4.21 Å². The molecule has 0 saturated heterocycles. The molecule has 198 valence electrons. The number of hydrogen-bond donors (Lipinski definition) is 2. The van der Waals surface area contributed by atoms with Crippen LogP contribution < -0.4 is 0 Å². The van der Waals surface area contributed by atoms with Crippen molar-refractivity contribution in [3.63, 3.8) is 0 Å². The molecule has 2 N–H and O–H groups in total. The van der Waals surface area contributed by atoms with Gasteiger partial charge in [0.05, 0.1) is 6.10 Å². The van der Waals surface area contributed by atoms with Crippen LogP contribution in [0.4, 0.5) is 22.0 Å². The van der Waals surface area contributed by atoms with Crippen LogP contribution in [0.15, 0.2) is 18.2 Å². The Hall–Kier alpha value is -1.22. The maximum atomic E-state index is 13.1. The Morgan fingerprint density at radius 1 is 1.09 bits per heavy atom. The van der Waals surface area contributed by atoms with Crippen LogP contribution >= 0.6 is 0 Å². The number of alkyl halides is 5. The first-order valence-corrected chi connectivity index (χ1v) is 14.1. The minimum atomic E-state index is -5.57. The zero-order valence-corrected chi connectivity index (χ0v) is 20.8. The SMILES string of the molecule is C[C@]12CC[C@@H]3c4ccc(O)cc4C[C@@H](CCCS(=O)CCCC(F)(F)C(F)(F)F)[C@H]3[C@@H]1CC[C@@H]2O. The van der Waals surface area contributed by atoms with E-state index in [2.05, 4.69) is 6.92 Å². The Labute approximate surface area is 206 Å². The second-order valence-corrected chi connectivity index (χ2v) is 12.8. The van der Waals surface area contributed by atoms with E-state index < -0.39 is 35.7 Å². The second-order valence-electron chi connectivity index (χ2n) is 11.1. The molecular weight excluding hydrogens is 487 g/mol. The van der Waals surface area contributed by atoms with E-state index >= 15 is 0 Å². The molecular formula is C26H35F5O3S. The summed E-state index contributed by atoms with van der Waals surface area (Å²) in [6, 6.07) is 5.59. The summed E-state index contributed by atoms with van der Waals surface area (Å²) in [6.07, 6.45) is -1.76. The number of rotatable bonds is 8. The normalized spacial score (nSPS) is 33.6. The number of phenols is 1. The molecule has 1 aromatic rings. The van der Waals surface area contributed by atoms with E-state index in [1.165, 1.54) is 5.56 Å². The third-order valence-corrected chi connectivity index (χ3v) is 10.5. The number of aliphatic hydroxyl groups is 1. The molecule has 3 aliphatic rings. The highest BCUT2D eigenvalue weighted by Gasteiger charge is 2.57. The fourth-order valence-corrected chi connectivity index (χ4v) is 8.40. The summed E-state index contributed by atoms with van der Waals surface area (Å²) in [7, 11) is -1.44. The van der Waals surface area contributed by atoms with Crippen LogP contribution in [0.3, 0.4) is 0 Å². The molecule has 4 rings (SSSR count). The lowest BCUT2D eigenvalue weighted by molar-refractivity contribution is -0.284. The van der Waals surface area contributed by atoms with Gasteiger partial charge >= 0.3 is 12.1 Å². The molecule has 0 heterocycles. The minimum Gasteiger partial charge on any atom is -0.508 e. The highest BCUT2D eigenvalue weighted by molar-refractivity contribution is 7.84. The van der Waals surface area contributed by atoms with Crippen LogP contribution in [-0.4, -0.2) is 44.1 Å². The fourth-order valence-electron chi connectivity index (χ4n) is 7.24. The summed E-state index contributed by atoms with van der Waals surface area (Å²) in [6.45, 7) is 2.20. The molecule has 35 heavy (non-hydrogen) atoms. The van der Waals surface area contributed by atoms with Crippen molar-refractivity contribution in [2.24, 2.45) is 23.2 Å². The minimum absolute atomic E-state index is 0.111. The van der Waals surface area contributed by atoms with Crippen molar-refractivity contribution in [3.05, 3.63) is 29.3 Å². The van der Waals surface area contributed by atoms with Crippen molar-refractivity contribution in [2.75, 3.05) is 11.5 Å². The zero-order valence-electron chi connectivity index (χ0n) is 20.0. The molecule has 3 aliphatic carbocycles. The Morgan fingerprint density at radius 3 is 2.51 bits per heavy atom. The Balaban J connectivity index is 1.39.